The maximum absolute atomic E-state index is 11.7. The Labute approximate surface area is 146 Å². The van der Waals surface area contributed by atoms with Gasteiger partial charge in [-0.3, -0.25) is 15.6 Å². The first-order chi connectivity index (χ1) is 10.7. The van der Waals surface area contributed by atoms with Gasteiger partial charge in [0, 0.05) is 5.02 Å². The van der Waals surface area contributed by atoms with Crippen molar-refractivity contribution in [3.05, 3.63) is 27.2 Å². The minimum atomic E-state index is -2.09. The van der Waals surface area contributed by atoms with Gasteiger partial charge in [0.25, 0.3) is 5.91 Å². The zero-order chi connectivity index (χ0) is 17.7. The highest BCUT2D eigenvalue weighted by Crippen LogP contribution is 2.33. The highest BCUT2D eigenvalue weighted by Gasteiger charge is 2.34. The van der Waals surface area contributed by atoms with Crippen LogP contribution in [-0.2, 0) is 4.79 Å². The molecule has 0 bridgehead atoms. The number of aliphatic hydroxyl groups is 5. The van der Waals surface area contributed by atoms with Gasteiger partial charge in [-0.25, -0.2) is 0 Å². The van der Waals surface area contributed by atoms with Crippen molar-refractivity contribution in [2.24, 2.45) is 0 Å². The lowest BCUT2D eigenvalue weighted by Crippen LogP contribution is -2.52. The second-order valence-electron chi connectivity index (χ2n) is 4.53. The maximum atomic E-state index is 11.7. The zero-order valence-corrected chi connectivity index (χ0v) is 13.7. The summed E-state index contributed by atoms with van der Waals surface area (Å²) in [5, 5.41) is 46.9. The van der Waals surface area contributed by atoms with E-state index in [9.17, 15) is 20.1 Å². The summed E-state index contributed by atoms with van der Waals surface area (Å²) in [6.45, 7) is -0.860. The molecular weight excluding hydrogens is 374 g/mol. The summed E-state index contributed by atoms with van der Waals surface area (Å²) in [5.41, 5.74) is 4.47. The Morgan fingerprint density at radius 3 is 2.04 bits per heavy atom. The predicted molar refractivity (Wildman–Crippen MR) is 84.4 cm³/mol. The van der Waals surface area contributed by atoms with Crippen LogP contribution in [0.25, 0.3) is 0 Å². The molecule has 0 saturated heterocycles. The molecule has 0 saturated carbocycles. The molecule has 1 aromatic rings. The molecule has 11 heteroatoms. The van der Waals surface area contributed by atoms with E-state index in [1.807, 2.05) is 5.43 Å². The number of aliphatic hydroxyl groups excluding tert-OH is 5. The van der Waals surface area contributed by atoms with Crippen molar-refractivity contribution < 1.29 is 30.3 Å². The van der Waals surface area contributed by atoms with Crippen LogP contribution in [0.2, 0.25) is 15.1 Å². The Hall–Kier alpha value is -0.840. The highest BCUT2D eigenvalue weighted by atomic mass is 35.5. The third-order valence-electron chi connectivity index (χ3n) is 2.84. The molecule has 1 aromatic carbocycles. The Morgan fingerprint density at radius 1 is 1.04 bits per heavy atom. The lowest BCUT2D eigenvalue weighted by Gasteiger charge is -2.25. The first-order valence-electron chi connectivity index (χ1n) is 6.22. The smallest absolute Gasteiger partial charge is 0.269 e. The van der Waals surface area contributed by atoms with Crippen molar-refractivity contribution in [1.82, 2.24) is 5.43 Å². The number of carbonyl (C=O) groups is 1. The van der Waals surface area contributed by atoms with Gasteiger partial charge < -0.3 is 25.5 Å². The first-order valence-corrected chi connectivity index (χ1v) is 7.36. The molecular formula is C12H15Cl3N2O6. The van der Waals surface area contributed by atoms with E-state index in [2.05, 4.69) is 5.43 Å². The molecule has 8 nitrogen and oxygen atoms in total. The summed E-state index contributed by atoms with van der Waals surface area (Å²) in [5.74, 6) is -1.14. The van der Waals surface area contributed by atoms with Gasteiger partial charge in [-0.1, -0.05) is 34.8 Å². The fourth-order valence-electron chi connectivity index (χ4n) is 1.54. The second kappa shape index (κ2) is 8.86. The topological polar surface area (TPSA) is 142 Å². The molecule has 0 unspecified atom stereocenters. The third-order valence-corrected chi connectivity index (χ3v) is 3.66. The molecule has 1 rings (SSSR count). The van der Waals surface area contributed by atoms with Gasteiger partial charge in [0.2, 0.25) is 0 Å². The monoisotopic (exact) mass is 388 g/mol. The minimum Gasteiger partial charge on any atom is -0.394 e. The van der Waals surface area contributed by atoms with Gasteiger partial charge >= 0.3 is 0 Å². The Morgan fingerprint density at radius 2 is 1.57 bits per heavy atom. The number of amides is 1. The van der Waals surface area contributed by atoms with Gasteiger partial charge in [0.15, 0.2) is 6.10 Å². The molecule has 7 N–H and O–H groups in total. The number of carbonyl (C=O) groups excluding carboxylic acids is 1. The molecule has 130 valence electrons. The molecule has 4 atom stereocenters. The number of halogens is 3. The van der Waals surface area contributed by atoms with Crippen molar-refractivity contribution >= 4 is 46.4 Å². The van der Waals surface area contributed by atoms with E-state index in [1.54, 1.807) is 0 Å². The van der Waals surface area contributed by atoms with Crippen LogP contribution >= 0.6 is 34.8 Å². The molecule has 1 amide bonds. The Kier molecular flexibility index (Phi) is 7.78. The Bertz CT molecular complexity index is 539. The highest BCUT2D eigenvalue weighted by molar-refractivity contribution is 6.41. The number of anilines is 1. The first kappa shape index (κ1) is 20.2. The minimum absolute atomic E-state index is 0.0913. The average molecular weight is 390 g/mol. The van der Waals surface area contributed by atoms with Gasteiger partial charge in [-0.15, -0.1) is 0 Å². The maximum Gasteiger partial charge on any atom is 0.269 e. The lowest BCUT2D eigenvalue weighted by atomic mass is 10.0. The van der Waals surface area contributed by atoms with Crippen LogP contribution in [0.1, 0.15) is 0 Å². The number of benzene rings is 1. The van der Waals surface area contributed by atoms with Crippen molar-refractivity contribution in [1.29, 1.82) is 0 Å². The summed E-state index contributed by atoms with van der Waals surface area (Å²) in [7, 11) is 0. The van der Waals surface area contributed by atoms with Gasteiger partial charge in [-0.2, -0.15) is 0 Å². The van der Waals surface area contributed by atoms with Gasteiger partial charge in [0.1, 0.15) is 18.3 Å². The summed E-state index contributed by atoms with van der Waals surface area (Å²) >= 11 is 17.5. The van der Waals surface area contributed by atoms with Crippen LogP contribution in [0.5, 0.6) is 0 Å². The second-order valence-corrected chi connectivity index (χ2v) is 5.79. The molecule has 0 aliphatic rings. The molecule has 0 spiro atoms. The van der Waals surface area contributed by atoms with Crippen molar-refractivity contribution in [2.45, 2.75) is 24.4 Å². The van der Waals surface area contributed by atoms with Crippen LogP contribution in [0.4, 0.5) is 5.69 Å². The van der Waals surface area contributed by atoms with Crippen LogP contribution in [0.3, 0.4) is 0 Å². The summed E-state index contributed by atoms with van der Waals surface area (Å²) in [6.07, 6.45) is -7.78. The number of hydrogen-bond acceptors (Lipinski definition) is 7. The number of rotatable bonds is 7. The van der Waals surface area contributed by atoms with E-state index < -0.39 is 36.9 Å². The van der Waals surface area contributed by atoms with Gasteiger partial charge in [0.05, 0.1) is 22.3 Å². The molecule has 0 aliphatic heterocycles. The van der Waals surface area contributed by atoms with Gasteiger partial charge in [-0.05, 0) is 12.1 Å². The van der Waals surface area contributed by atoms with E-state index >= 15 is 0 Å². The fraction of sp³-hybridized carbons (Fsp3) is 0.417. The molecule has 0 radical (unpaired) electrons. The number of nitrogens with one attached hydrogen (secondary N) is 2. The van der Waals surface area contributed by atoms with E-state index in [0.29, 0.717) is 0 Å². The molecule has 0 heterocycles. The SMILES string of the molecule is O=C(NNc1c(Cl)cc(Cl)cc1Cl)[C@@H](O)[C@@H](O)[C@H](O)[C@H](O)CO. The summed E-state index contributed by atoms with van der Waals surface area (Å²) in [6, 6.07) is 2.71. The van der Waals surface area contributed by atoms with Crippen LogP contribution < -0.4 is 10.9 Å². The largest absolute Gasteiger partial charge is 0.394 e. The average Bonchev–Trinajstić information content (AvgIpc) is 2.50. The number of hydrazine groups is 1. The standard InChI is InChI=1S/C12H15Cl3N2O6/c13-4-1-5(14)8(6(15)2-4)16-17-12(23)11(22)10(21)9(20)7(19)3-18/h1-2,7,9-11,16,18-22H,3H2,(H,17,23)/t7-,9-,10+,11+/m1/s1. The number of hydrogen-bond donors (Lipinski definition) is 7. The molecule has 0 aromatic heterocycles. The van der Waals surface area contributed by atoms with E-state index in [-0.39, 0.29) is 20.8 Å². The molecule has 0 aliphatic carbocycles. The predicted octanol–water partition coefficient (Wildman–Crippen LogP) is -0.474. The summed E-state index contributed by atoms with van der Waals surface area (Å²) < 4.78 is 0. The van der Waals surface area contributed by atoms with Crippen molar-refractivity contribution in [2.75, 3.05) is 12.0 Å². The van der Waals surface area contributed by atoms with Crippen LogP contribution in [0, 0.1) is 0 Å². The molecule has 23 heavy (non-hydrogen) atoms. The lowest BCUT2D eigenvalue weighted by molar-refractivity contribution is -0.148. The van der Waals surface area contributed by atoms with E-state index in [4.69, 9.17) is 45.0 Å². The quantitative estimate of drug-likeness (QED) is 0.312. The normalized spacial score (nSPS) is 16.3. The van der Waals surface area contributed by atoms with Crippen LogP contribution in [0.15, 0.2) is 12.1 Å². The molecule has 0 fully saturated rings. The van der Waals surface area contributed by atoms with Crippen LogP contribution in [-0.4, -0.2) is 62.5 Å². The zero-order valence-electron chi connectivity index (χ0n) is 11.4. The fourth-order valence-corrected chi connectivity index (χ4v) is 2.45. The van der Waals surface area contributed by atoms with Crippen molar-refractivity contribution in [3.63, 3.8) is 0 Å². The summed E-state index contributed by atoms with van der Waals surface area (Å²) in [4.78, 5) is 11.7. The third kappa shape index (κ3) is 5.33. The van der Waals surface area contributed by atoms with Crippen molar-refractivity contribution in [3.8, 4) is 0 Å². The Balaban J connectivity index is 2.70. The van der Waals surface area contributed by atoms with E-state index in [1.165, 1.54) is 12.1 Å². The van der Waals surface area contributed by atoms with E-state index in [0.717, 1.165) is 0 Å².